The predicted molar refractivity (Wildman–Crippen MR) is 280 cm³/mol. The maximum atomic E-state index is 13.0. The summed E-state index contributed by atoms with van der Waals surface area (Å²) in [7, 11) is 0. The van der Waals surface area contributed by atoms with Crippen molar-refractivity contribution in [2.45, 2.75) is 261 Å². The van der Waals surface area contributed by atoms with Crippen LogP contribution in [0.25, 0.3) is 0 Å². The summed E-state index contributed by atoms with van der Waals surface area (Å²) < 4.78 is 33.5. The Hall–Kier alpha value is -2.80. The molecule has 2 fully saturated rings. The second-order valence-electron chi connectivity index (χ2n) is 19.4. The number of hydrogen-bond donors (Lipinski definition) is 7. The Morgan fingerprint density at radius 3 is 1.43 bits per heavy atom. The van der Waals surface area contributed by atoms with E-state index >= 15 is 0 Å². The number of allylic oxidation sites excluding steroid dienone is 10. The fraction of sp³-hybridized carbons (Fsp3) is 0.789. The van der Waals surface area contributed by atoms with E-state index in [0.717, 1.165) is 51.4 Å². The van der Waals surface area contributed by atoms with Gasteiger partial charge in [-0.3, -0.25) is 9.59 Å². The number of ether oxygens (including phenoxy) is 6. The lowest BCUT2D eigenvalue weighted by Gasteiger charge is -2.42. The molecule has 0 saturated carbocycles. The molecule has 0 bridgehead atoms. The van der Waals surface area contributed by atoms with Gasteiger partial charge in [0.1, 0.15) is 55.4 Å². The maximum absolute atomic E-state index is 13.0. The lowest BCUT2D eigenvalue weighted by Crippen LogP contribution is -2.61. The number of carbonyl (C=O) groups excluding carboxylic acids is 2. The Labute approximate surface area is 432 Å². The molecular formula is C57H98O15. The molecule has 15 heteroatoms. The van der Waals surface area contributed by atoms with Crippen LogP contribution in [0.1, 0.15) is 194 Å². The molecule has 0 aromatic carbocycles. The Bertz CT molecular complexity index is 1480. The molecule has 2 aliphatic rings. The summed E-state index contributed by atoms with van der Waals surface area (Å²) in [6.45, 7) is 2.42. The van der Waals surface area contributed by atoms with Gasteiger partial charge in [0.25, 0.3) is 0 Å². The van der Waals surface area contributed by atoms with Crippen LogP contribution in [0.5, 0.6) is 0 Å². The summed E-state index contributed by atoms with van der Waals surface area (Å²) >= 11 is 0. The molecule has 11 atom stereocenters. The van der Waals surface area contributed by atoms with Gasteiger partial charge in [-0.25, -0.2) is 0 Å². The molecule has 0 amide bonds. The maximum Gasteiger partial charge on any atom is 0.306 e. The minimum atomic E-state index is -1.78. The molecule has 0 aliphatic carbocycles. The third kappa shape index (κ3) is 30.5. The highest BCUT2D eigenvalue weighted by Crippen LogP contribution is 2.26. The molecule has 0 radical (unpaired) electrons. The van der Waals surface area contributed by atoms with Gasteiger partial charge < -0.3 is 64.2 Å². The molecule has 416 valence electrons. The minimum absolute atomic E-state index is 0.0579. The van der Waals surface area contributed by atoms with E-state index in [1.165, 1.54) is 103 Å². The van der Waals surface area contributed by atoms with Crippen LogP contribution >= 0.6 is 0 Å². The Balaban J connectivity index is 1.75. The Morgan fingerprint density at radius 2 is 0.903 bits per heavy atom. The van der Waals surface area contributed by atoms with Crippen molar-refractivity contribution < 1.29 is 73.8 Å². The van der Waals surface area contributed by atoms with Crippen molar-refractivity contribution in [2.24, 2.45) is 0 Å². The fourth-order valence-corrected chi connectivity index (χ4v) is 8.46. The van der Waals surface area contributed by atoms with E-state index in [2.05, 4.69) is 62.5 Å². The van der Waals surface area contributed by atoms with Crippen molar-refractivity contribution in [3.63, 3.8) is 0 Å². The normalized spacial score (nSPS) is 25.5. The van der Waals surface area contributed by atoms with Crippen molar-refractivity contribution in [2.75, 3.05) is 26.4 Å². The average Bonchev–Trinajstić information content (AvgIpc) is 3.37. The lowest BCUT2D eigenvalue weighted by atomic mass is 9.98. The number of unbranched alkanes of at least 4 members (excludes halogenated alkanes) is 19. The molecule has 0 spiro atoms. The average molecular weight is 1020 g/mol. The van der Waals surface area contributed by atoms with Gasteiger partial charge in [0.2, 0.25) is 0 Å². The first kappa shape index (κ1) is 65.3. The lowest BCUT2D eigenvalue weighted by molar-refractivity contribution is -0.332. The van der Waals surface area contributed by atoms with Crippen molar-refractivity contribution in [3.8, 4) is 0 Å². The largest absolute Gasteiger partial charge is 0.462 e. The van der Waals surface area contributed by atoms with Gasteiger partial charge in [-0.1, -0.05) is 177 Å². The zero-order valence-corrected chi connectivity index (χ0v) is 44.1. The highest BCUT2D eigenvalue weighted by molar-refractivity contribution is 5.70. The van der Waals surface area contributed by atoms with Gasteiger partial charge in [-0.2, -0.15) is 0 Å². The van der Waals surface area contributed by atoms with Crippen LogP contribution in [-0.2, 0) is 38.0 Å². The first-order valence-corrected chi connectivity index (χ1v) is 27.9. The van der Waals surface area contributed by atoms with Gasteiger partial charge >= 0.3 is 11.9 Å². The van der Waals surface area contributed by atoms with E-state index < -0.39 is 99.3 Å². The number of esters is 2. The second kappa shape index (κ2) is 43.4. The molecule has 2 saturated heterocycles. The van der Waals surface area contributed by atoms with E-state index in [0.29, 0.717) is 12.8 Å². The van der Waals surface area contributed by atoms with Crippen LogP contribution in [-0.4, -0.2) is 142 Å². The number of aliphatic hydroxyl groups excluding tert-OH is 7. The van der Waals surface area contributed by atoms with Crippen LogP contribution < -0.4 is 0 Å². The predicted octanol–water partition coefficient (Wildman–Crippen LogP) is 8.83. The third-order valence-corrected chi connectivity index (χ3v) is 13.0. The minimum Gasteiger partial charge on any atom is -0.462 e. The Kier molecular flexibility index (Phi) is 39.4. The molecule has 0 aromatic rings. The molecular weight excluding hydrogens is 925 g/mol. The standard InChI is InChI=1S/C57H98O15/c1-3-5-7-9-11-13-15-17-18-19-20-21-22-23-24-25-26-28-29-31-33-35-37-39-48(59)67-42-45(70-49(60)40-38-36-34-32-30-27-16-14-12-10-8-6-4-2)43-68-56-55(66)53(64)51(62)47(72-56)44-69-57-54(65)52(63)50(61)46(41-58)71-57/h5,7,11,13,17-18,27,30,34,36,45-47,50-58,61-66H,3-4,6,8-10,12,14-16,19-26,28-29,31-33,35,37-44H2,1-2H3/b7-5+,13-11+,18-17+,30-27+,36-34+/t45?,46-,47-,50+,51+,52?,53?,54?,55?,56-,57-/m1/s1. The first-order valence-electron chi connectivity index (χ1n) is 27.9. The van der Waals surface area contributed by atoms with Gasteiger partial charge in [0, 0.05) is 12.8 Å². The number of hydrogen-bond acceptors (Lipinski definition) is 15. The molecule has 2 heterocycles. The van der Waals surface area contributed by atoms with Crippen LogP contribution in [0, 0.1) is 0 Å². The molecule has 7 N–H and O–H groups in total. The van der Waals surface area contributed by atoms with Gasteiger partial charge in [0.05, 0.1) is 19.8 Å². The molecule has 5 unspecified atom stereocenters. The van der Waals surface area contributed by atoms with Crippen LogP contribution in [0.3, 0.4) is 0 Å². The van der Waals surface area contributed by atoms with E-state index in [1.807, 2.05) is 12.2 Å². The SMILES string of the molecule is CC/C=C/C/C=C/C/C=C/CCCCCCCCCCCCCCCC(=O)OCC(CO[C@@H]1O[C@H](CO[C@@H]2O[C@H](CO)[C@H](O)C(O)C2O)[C@H](O)C(O)C1O)OC(=O)CC/C=C/C/C=C/CCCCCCCC. The van der Waals surface area contributed by atoms with Gasteiger partial charge in [-0.15, -0.1) is 0 Å². The smallest absolute Gasteiger partial charge is 0.306 e. The Morgan fingerprint density at radius 1 is 0.458 bits per heavy atom. The summed E-state index contributed by atoms with van der Waals surface area (Å²) in [4.78, 5) is 25.8. The molecule has 2 aliphatic heterocycles. The van der Waals surface area contributed by atoms with E-state index in [9.17, 15) is 45.3 Å². The van der Waals surface area contributed by atoms with Crippen molar-refractivity contribution in [1.82, 2.24) is 0 Å². The zero-order valence-electron chi connectivity index (χ0n) is 44.1. The number of aliphatic hydroxyl groups is 7. The van der Waals surface area contributed by atoms with Gasteiger partial charge in [-0.05, 0) is 64.2 Å². The summed E-state index contributed by atoms with van der Waals surface area (Å²) in [5, 5.41) is 72.1. The highest BCUT2D eigenvalue weighted by atomic mass is 16.7. The van der Waals surface area contributed by atoms with Crippen LogP contribution in [0.15, 0.2) is 60.8 Å². The summed E-state index contributed by atoms with van der Waals surface area (Å²) in [5.41, 5.74) is 0. The fourth-order valence-electron chi connectivity index (χ4n) is 8.46. The van der Waals surface area contributed by atoms with E-state index in [4.69, 9.17) is 28.4 Å². The van der Waals surface area contributed by atoms with E-state index in [-0.39, 0.29) is 19.4 Å². The molecule has 0 aromatic heterocycles. The number of rotatable bonds is 43. The quantitative estimate of drug-likeness (QED) is 0.0172. The summed E-state index contributed by atoms with van der Waals surface area (Å²) in [6.07, 6.45) is 34.1. The topological polar surface area (TPSA) is 231 Å². The van der Waals surface area contributed by atoms with Crippen molar-refractivity contribution >= 4 is 11.9 Å². The molecule has 2 rings (SSSR count). The van der Waals surface area contributed by atoms with Crippen LogP contribution in [0.4, 0.5) is 0 Å². The monoisotopic (exact) mass is 1020 g/mol. The van der Waals surface area contributed by atoms with Gasteiger partial charge in [0.15, 0.2) is 18.7 Å². The summed E-state index contributed by atoms with van der Waals surface area (Å²) in [5.74, 6) is -1.00. The zero-order chi connectivity index (χ0) is 52.4. The third-order valence-electron chi connectivity index (χ3n) is 13.0. The number of carbonyl (C=O) groups is 2. The molecule has 72 heavy (non-hydrogen) atoms. The first-order chi connectivity index (χ1) is 35.0. The second-order valence-corrected chi connectivity index (χ2v) is 19.4. The van der Waals surface area contributed by atoms with Crippen LogP contribution in [0.2, 0.25) is 0 Å². The summed E-state index contributed by atoms with van der Waals surface area (Å²) in [6, 6.07) is 0. The van der Waals surface area contributed by atoms with Crippen molar-refractivity contribution in [1.29, 1.82) is 0 Å². The highest BCUT2D eigenvalue weighted by Gasteiger charge is 2.47. The van der Waals surface area contributed by atoms with Crippen molar-refractivity contribution in [3.05, 3.63) is 60.8 Å². The van der Waals surface area contributed by atoms with E-state index in [1.54, 1.807) is 0 Å². The molecule has 15 nitrogen and oxygen atoms in total.